The summed E-state index contributed by atoms with van der Waals surface area (Å²) in [6.45, 7) is 0. The number of nitrogens with one attached hydrogen (secondary N) is 1. The second kappa shape index (κ2) is 5.43. The van der Waals surface area contributed by atoms with Crippen LogP contribution < -0.4 is 0 Å². The topological polar surface area (TPSA) is 91.3 Å². The predicted octanol–water partition coefficient (Wildman–Crippen LogP) is 2.78. The van der Waals surface area contributed by atoms with Crippen LogP contribution in [0.1, 0.15) is 10.4 Å². The minimum absolute atomic E-state index is 0. The number of carboxylic acid groups (broad SMARTS) is 1. The van der Waals surface area contributed by atoms with Crippen molar-refractivity contribution in [3.8, 4) is 11.3 Å². The Morgan fingerprint density at radius 3 is 2.90 bits per heavy atom. The summed E-state index contributed by atoms with van der Waals surface area (Å²) in [6, 6.07) is 6.47. The molecule has 0 unspecified atom stereocenters. The first-order chi connectivity index (χ1) is 9.15. The number of benzene rings is 1. The fourth-order valence-corrected chi connectivity index (χ4v) is 1.88. The average molecular weight is 437 g/mol. The molecule has 0 saturated heterocycles. The maximum atomic E-state index is 10.9. The second-order valence-electron chi connectivity index (χ2n) is 4.02. The van der Waals surface area contributed by atoms with Crippen molar-refractivity contribution in [1.82, 2.24) is 14.4 Å². The van der Waals surface area contributed by atoms with E-state index in [0.717, 1.165) is 0 Å². The summed E-state index contributed by atoms with van der Waals surface area (Å²) in [5.74, 6) is -0.931. The average Bonchev–Trinajstić information content (AvgIpc) is 2.87. The number of imidazole rings is 1. The van der Waals surface area contributed by atoms with Crippen LogP contribution in [0.25, 0.3) is 22.6 Å². The molecule has 1 aromatic carbocycles. The molecule has 0 radical (unpaired) electrons. The van der Waals surface area contributed by atoms with Gasteiger partial charge >= 0.3 is 5.97 Å². The van der Waals surface area contributed by atoms with Crippen LogP contribution in [0.3, 0.4) is 0 Å². The molecular weight excluding hydrogens is 428 g/mol. The Morgan fingerprint density at radius 2 is 2.15 bits per heavy atom. The molecule has 3 rings (SSSR count). The van der Waals surface area contributed by atoms with Gasteiger partial charge in [0.25, 0.3) is 0 Å². The van der Waals surface area contributed by atoms with Gasteiger partial charge in [-0.2, -0.15) is 0 Å². The fourth-order valence-electron chi connectivity index (χ4n) is 1.88. The zero-order chi connectivity index (χ0) is 13.4. The van der Waals surface area contributed by atoms with Crippen molar-refractivity contribution < 1.29 is 31.0 Å². The number of aromatic nitrogens is 3. The summed E-state index contributed by atoms with van der Waals surface area (Å²) in [7, 11) is 0. The number of rotatable bonds is 2. The quantitative estimate of drug-likeness (QED) is 0.668. The molecule has 3 aromatic rings. The Kier molecular flexibility index (Phi) is 3.86. The summed E-state index contributed by atoms with van der Waals surface area (Å²) in [4.78, 5) is 19.1. The first kappa shape index (κ1) is 14.2. The molecule has 0 atom stereocenters. The maximum Gasteiger partial charge on any atom is 0.335 e. The van der Waals surface area contributed by atoms with Crippen molar-refractivity contribution >= 4 is 17.4 Å². The molecule has 100 valence electrons. The molecule has 2 aromatic heterocycles. The zero-order valence-corrected chi connectivity index (χ0v) is 13.1. The largest absolute Gasteiger partial charge is 0.479 e. The summed E-state index contributed by atoms with van der Waals surface area (Å²) in [5, 5.41) is 8.98. The van der Waals surface area contributed by atoms with Gasteiger partial charge in [-0.3, -0.25) is 0 Å². The van der Waals surface area contributed by atoms with Gasteiger partial charge in [-0.05, 0) is 29.2 Å². The van der Waals surface area contributed by atoms with E-state index in [-0.39, 0.29) is 32.4 Å². The van der Waals surface area contributed by atoms with E-state index in [9.17, 15) is 4.79 Å². The molecule has 2 N–H and O–H groups in total. The smallest absolute Gasteiger partial charge is 0.335 e. The molecule has 20 heavy (non-hydrogen) atoms. The molecule has 7 heteroatoms. The number of nitrogens with zero attached hydrogens (tertiary/aromatic N) is 3. The van der Waals surface area contributed by atoms with Gasteiger partial charge in [0, 0.05) is 39.7 Å². The van der Waals surface area contributed by atoms with Gasteiger partial charge < -0.3 is 20.2 Å². The van der Waals surface area contributed by atoms with E-state index in [1.165, 1.54) is 12.1 Å². The zero-order valence-electron chi connectivity index (χ0n) is 10.1. The molecule has 0 aliphatic carbocycles. The maximum absolute atomic E-state index is 10.9. The van der Waals surface area contributed by atoms with Crippen LogP contribution >= 0.6 is 0 Å². The van der Waals surface area contributed by atoms with Crippen LogP contribution in [0, 0.1) is 0 Å². The van der Waals surface area contributed by atoms with E-state index in [4.69, 9.17) is 10.8 Å². The minimum Gasteiger partial charge on any atom is -0.479 e. The number of hydrogen-bond acceptors (Lipinski definition) is 3. The summed E-state index contributed by atoms with van der Waals surface area (Å²) in [6.07, 6.45) is 5.04. The van der Waals surface area contributed by atoms with Gasteiger partial charge in [0.15, 0.2) is 0 Å². The first-order valence-electron chi connectivity index (χ1n) is 5.54. The number of carbonyl (C=O) groups is 1. The number of fused-ring (bicyclic) bond motifs is 1. The molecule has 2 heterocycles. The van der Waals surface area contributed by atoms with E-state index >= 15 is 0 Å². The summed E-state index contributed by atoms with van der Waals surface area (Å²) in [5.41, 5.74) is 9.66. The van der Waals surface area contributed by atoms with Crippen molar-refractivity contribution in [3.05, 3.63) is 54.2 Å². The molecule has 0 aliphatic heterocycles. The summed E-state index contributed by atoms with van der Waals surface area (Å²) >= 11 is 0. The Bertz CT molecular complexity index is 785. The van der Waals surface area contributed by atoms with E-state index in [1.807, 2.05) is 0 Å². The Morgan fingerprint density at radius 1 is 1.35 bits per heavy atom. The number of aromatic carboxylic acids is 1. The predicted molar refractivity (Wildman–Crippen MR) is 69.4 cm³/mol. The van der Waals surface area contributed by atoms with Gasteiger partial charge in [0.05, 0.1) is 5.56 Å². The monoisotopic (exact) mass is 437 g/mol. The van der Waals surface area contributed by atoms with Gasteiger partial charge in [-0.1, -0.05) is 12.1 Å². The normalized spacial score (nSPS) is 10.2. The number of carboxylic acids is 1. The number of hydrogen-bond donors (Lipinski definition) is 1. The molecule has 0 fully saturated rings. The van der Waals surface area contributed by atoms with Crippen LogP contribution in [0.15, 0.2) is 42.9 Å². The van der Waals surface area contributed by atoms with Gasteiger partial charge in [0.2, 0.25) is 0 Å². The Hall–Kier alpha value is -2.20. The Balaban J connectivity index is 0.00000147. The van der Waals surface area contributed by atoms with E-state index in [0.29, 0.717) is 16.9 Å². The van der Waals surface area contributed by atoms with Crippen LogP contribution in [-0.4, -0.2) is 25.4 Å². The SMILES string of the molecule is [NH-]c1nc(-c2cccc(C(=O)O)c2)cn2ccnc12.[W]. The molecule has 0 bridgehead atoms. The van der Waals surface area contributed by atoms with Gasteiger partial charge in [0.1, 0.15) is 5.65 Å². The third kappa shape index (κ3) is 2.42. The van der Waals surface area contributed by atoms with Crippen LogP contribution in [0.5, 0.6) is 0 Å². The van der Waals surface area contributed by atoms with Crippen molar-refractivity contribution in [2.45, 2.75) is 0 Å². The van der Waals surface area contributed by atoms with Crippen molar-refractivity contribution in [2.24, 2.45) is 0 Å². The van der Waals surface area contributed by atoms with E-state index in [2.05, 4.69) is 9.97 Å². The molecule has 0 aliphatic rings. The van der Waals surface area contributed by atoms with Crippen molar-refractivity contribution in [3.63, 3.8) is 0 Å². The minimum atomic E-state index is -0.989. The second-order valence-corrected chi connectivity index (χ2v) is 4.02. The van der Waals surface area contributed by atoms with Crippen molar-refractivity contribution in [2.75, 3.05) is 0 Å². The molecule has 0 saturated carbocycles. The van der Waals surface area contributed by atoms with E-state index in [1.54, 1.807) is 35.1 Å². The van der Waals surface area contributed by atoms with Crippen LogP contribution in [0.2, 0.25) is 0 Å². The Labute approximate surface area is 128 Å². The third-order valence-electron chi connectivity index (χ3n) is 2.78. The van der Waals surface area contributed by atoms with Crippen molar-refractivity contribution in [1.29, 1.82) is 0 Å². The van der Waals surface area contributed by atoms with E-state index < -0.39 is 5.97 Å². The summed E-state index contributed by atoms with van der Waals surface area (Å²) < 4.78 is 1.69. The molecule has 0 spiro atoms. The van der Waals surface area contributed by atoms with Gasteiger partial charge in [-0.25, -0.2) is 9.78 Å². The molecular formula is C13H9N4O2W-. The first-order valence-corrected chi connectivity index (χ1v) is 5.54. The fraction of sp³-hybridized carbons (Fsp3) is 0. The standard InChI is InChI=1S/C13H10N4O2.W/c14-11-12-15-4-5-17(12)7-10(16-11)8-2-1-3-9(6-8)13(18)19;/h1-7H,(H3,14,16,18,19);/p-1. The molecule has 6 nitrogen and oxygen atoms in total. The van der Waals surface area contributed by atoms with Crippen LogP contribution in [0.4, 0.5) is 5.82 Å². The third-order valence-corrected chi connectivity index (χ3v) is 2.78. The van der Waals surface area contributed by atoms with Gasteiger partial charge in [-0.15, -0.1) is 0 Å². The van der Waals surface area contributed by atoms with Crippen LogP contribution in [-0.2, 0) is 21.1 Å². The molecule has 0 amide bonds.